The fourth-order valence-electron chi connectivity index (χ4n) is 0.622. The van der Waals surface area contributed by atoms with Crippen molar-refractivity contribution in [3.8, 4) is 0 Å². The zero-order chi connectivity index (χ0) is 11.1. The lowest BCUT2D eigenvalue weighted by Crippen LogP contribution is -2.28. The molecule has 0 radical (unpaired) electrons. The van der Waals surface area contributed by atoms with E-state index in [4.69, 9.17) is 5.84 Å². The van der Waals surface area contributed by atoms with Crippen molar-refractivity contribution in [2.45, 2.75) is 6.42 Å². The van der Waals surface area contributed by atoms with Crippen molar-refractivity contribution in [1.29, 1.82) is 0 Å². The van der Waals surface area contributed by atoms with Gasteiger partial charge in [-0.15, -0.1) is 0 Å². The lowest BCUT2D eigenvalue weighted by atomic mass is 10.2. The van der Waals surface area contributed by atoms with Gasteiger partial charge in [-0.25, -0.2) is 4.79 Å². The molecular formula is C7H10N2O5. The van der Waals surface area contributed by atoms with Gasteiger partial charge in [-0.05, 0) is 0 Å². The summed E-state index contributed by atoms with van der Waals surface area (Å²) in [5.74, 6) is 2.18. The van der Waals surface area contributed by atoms with E-state index in [2.05, 4.69) is 14.6 Å². The fourth-order valence-corrected chi connectivity index (χ4v) is 0.622. The predicted octanol–water partition coefficient (Wildman–Crippen LogP) is -1.39. The first-order valence-corrected chi connectivity index (χ1v) is 3.53. The van der Waals surface area contributed by atoms with E-state index < -0.39 is 29.9 Å². The van der Waals surface area contributed by atoms with Gasteiger partial charge in [-0.2, -0.15) is 5.10 Å². The van der Waals surface area contributed by atoms with Crippen molar-refractivity contribution in [1.82, 2.24) is 0 Å². The van der Waals surface area contributed by atoms with Gasteiger partial charge in [0.15, 0.2) is 0 Å². The molecule has 0 rings (SSSR count). The number of hydrogen-bond donors (Lipinski definition) is 1. The number of carbonyl (C=O) groups excluding carboxylic acids is 3. The van der Waals surface area contributed by atoms with E-state index >= 15 is 0 Å². The zero-order valence-electron chi connectivity index (χ0n) is 7.77. The molecule has 0 aliphatic rings. The number of ketones is 1. The van der Waals surface area contributed by atoms with Crippen LogP contribution in [0.25, 0.3) is 0 Å². The highest BCUT2D eigenvalue weighted by Gasteiger charge is 2.23. The van der Waals surface area contributed by atoms with Gasteiger partial charge in [0.05, 0.1) is 14.2 Å². The lowest BCUT2D eigenvalue weighted by Gasteiger charge is -2.00. The molecule has 0 aliphatic heterocycles. The van der Waals surface area contributed by atoms with Gasteiger partial charge in [0, 0.05) is 0 Å². The van der Waals surface area contributed by atoms with Gasteiger partial charge in [0.25, 0.3) is 0 Å². The average molecular weight is 202 g/mol. The van der Waals surface area contributed by atoms with Crippen LogP contribution in [0.1, 0.15) is 6.42 Å². The summed E-state index contributed by atoms with van der Waals surface area (Å²) in [5, 5.41) is 2.93. The van der Waals surface area contributed by atoms with Crippen LogP contribution in [0.15, 0.2) is 5.10 Å². The molecule has 78 valence electrons. The summed E-state index contributed by atoms with van der Waals surface area (Å²) in [5.41, 5.74) is -0.613. The number of esters is 2. The highest BCUT2D eigenvalue weighted by atomic mass is 16.5. The second-order valence-electron chi connectivity index (χ2n) is 2.15. The van der Waals surface area contributed by atoms with Gasteiger partial charge in [0.2, 0.25) is 11.5 Å². The van der Waals surface area contributed by atoms with Crippen LogP contribution in [0.4, 0.5) is 0 Å². The topological polar surface area (TPSA) is 108 Å². The van der Waals surface area contributed by atoms with Crippen LogP contribution >= 0.6 is 0 Å². The zero-order valence-corrected chi connectivity index (χ0v) is 7.77. The molecule has 7 nitrogen and oxygen atoms in total. The molecule has 14 heavy (non-hydrogen) atoms. The molecule has 0 aromatic rings. The summed E-state index contributed by atoms with van der Waals surface area (Å²) in [7, 11) is 2.19. The van der Waals surface area contributed by atoms with Crippen molar-refractivity contribution in [2.75, 3.05) is 14.2 Å². The maximum Gasteiger partial charge on any atom is 0.362 e. The summed E-state index contributed by atoms with van der Waals surface area (Å²) >= 11 is 0. The van der Waals surface area contributed by atoms with Crippen molar-refractivity contribution in [2.24, 2.45) is 10.9 Å². The fraction of sp³-hybridized carbons (Fsp3) is 0.429. The van der Waals surface area contributed by atoms with E-state index in [0.29, 0.717) is 0 Å². The van der Waals surface area contributed by atoms with Crippen molar-refractivity contribution >= 4 is 23.4 Å². The first-order chi connectivity index (χ1) is 6.56. The molecule has 0 aliphatic carbocycles. The van der Waals surface area contributed by atoms with Gasteiger partial charge in [-0.3, -0.25) is 9.59 Å². The van der Waals surface area contributed by atoms with Gasteiger partial charge in [0.1, 0.15) is 6.42 Å². The second-order valence-corrected chi connectivity index (χ2v) is 2.15. The van der Waals surface area contributed by atoms with Crippen LogP contribution in [0, 0.1) is 0 Å². The molecule has 0 spiro atoms. The Morgan fingerprint density at radius 2 is 1.79 bits per heavy atom. The minimum Gasteiger partial charge on any atom is -0.469 e. The highest BCUT2D eigenvalue weighted by molar-refractivity contribution is 6.65. The Morgan fingerprint density at radius 3 is 2.14 bits per heavy atom. The smallest absolute Gasteiger partial charge is 0.362 e. The number of rotatable bonds is 4. The number of Topliss-reactive ketones (excluding diaryl/α,β-unsaturated/α-hetero) is 1. The summed E-state index contributed by atoms with van der Waals surface area (Å²) in [4.78, 5) is 32.6. The number of hydrogen-bond acceptors (Lipinski definition) is 7. The summed E-state index contributed by atoms with van der Waals surface area (Å²) < 4.78 is 8.44. The number of carbonyl (C=O) groups is 3. The Kier molecular flexibility index (Phi) is 4.90. The molecule has 0 atom stereocenters. The number of hydrazone groups is 1. The SMILES string of the molecule is COC(=O)CC(=O)/C(=N/N)C(=O)OC. The molecular weight excluding hydrogens is 192 g/mol. The molecule has 0 saturated heterocycles. The van der Waals surface area contributed by atoms with E-state index in [1.807, 2.05) is 0 Å². The highest BCUT2D eigenvalue weighted by Crippen LogP contribution is 1.92. The summed E-state index contributed by atoms with van der Waals surface area (Å²) in [6.45, 7) is 0. The van der Waals surface area contributed by atoms with E-state index in [-0.39, 0.29) is 0 Å². The Labute approximate surface area is 79.8 Å². The summed E-state index contributed by atoms with van der Waals surface area (Å²) in [6.07, 6.45) is -0.596. The Hall–Kier alpha value is -1.92. The largest absolute Gasteiger partial charge is 0.469 e. The van der Waals surface area contributed by atoms with E-state index in [9.17, 15) is 14.4 Å². The minimum atomic E-state index is -0.985. The first-order valence-electron chi connectivity index (χ1n) is 3.53. The molecule has 7 heteroatoms. The molecule has 0 unspecified atom stereocenters. The molecule has 0 heterocycles. The number of nitrogens with two attached hydrogens (primary N) is 1. The van der Waals surface area contributed by atoms with Gasteiger partial charge in [-0.1, -0.05) is 0 Å². The van der Waals surface area contributed by atoms with E-state index in [0.717, 1.165) is 14.2 Å². The maximum atomic E-state index is 11.1. The number of ether oxygens (including phenoxy) is 2. The van der Waals surface area contributed by atoms with Gasteiger partial charge < -0.3 is 15.3 Å². The van der Waals surface area contributed by atoms with Crippen LogP contribution in [-0.4, -0.2) is 37.7 Å². The average Bonchev–Trinajstić information content (AvgIpc) is 2.18. The third-order valence-electron chi connectivity index (χ3n) is 1.30. The quantitative estimate of drug-likeness (QED) is 0.197. The monoisotopic (exact) mass is 202 g/mol. The standard InChI is InChI=1S/C7H10N2O5/c1-13-5(11)3-4(10)6(9-8)7(12)14-2/h3,8H2,1-2H3/b9-6-. The van der Waals surface area contributed by atoms with Crippen molar-refractivity contribution in [3.05, 3.63) is 0 Å². The normalized spacial score (nSPS) is 10.6. The second kappa shape index (κ2) is 5.68. The Balaban J connectivity index is 4.50. The van der Waals surface area contributed by atoms with Gasteiger partial charge >= 0.3 is 11.9 Å². The van der Waals surface area contributed by atoms with Crippen LogP contribution in [0.3, 0.4) is 0 Å². The molecule has 0 fully saturated rings. The molecule has 0 amide bonds. The minimum absolute atomic E-state index is 0.596. The van der Waals surface area contributed by atoms with Crippen LogP contribution < -0.4 is 5.84 Å². The Morgan fingerprint density at radius 1 is 1.21 bits per heavy atom. The van der Waals surface area contributed by atoms with Crippen LogP contribution in [0.5, 0.6) is 0 Å². The first kappa shape index (κ1) is 12.1. The molecule has 0 aromatic carbocycles. The van der Waals surface area contributed by atoms with E-state index in [1.165, 1.54) is 0 Å². The molecule has 0 bridgehead atoms. The number of nitrogens with zero attached hydrogens (tertiary/aromatic N) is 1. The summed E-state index contributed by atoms with van der Waals surface area (Å²) in [6, 6.07) is 0. The lowest BCUT2D eigenvalue weighted by molar-refractivity contribution is -0.142. The third kappa shape index (κ3) is 3.21. The molecule has 2 N–H and O–H groups in total. The van der Waals surface area contributed by atoms with Crippen molar-refractivity contribution < 1.29 is 23.9 Å². The number of methoxy groups -OCH3 is 2. The van der Waals surface area contributed by atoms with E-state index in [1.54, 1.807) is 0 Å². The molecule has 0 saturated carbocycles. The predicted molar refractivity (Wildman–Crippen MR) is 45.3 cm³/mol. The van der Waals surface area contributed by atoms with Crippen LogP contribution in [-0.2, 0) is 23.9 Å². The Bertz CT molecular complexity index is 284. The van der Waals surface area contributed by atoms with Crippen LogP contribution in [0.2, 0.25) is 0 Å². The third-order valence-corrected chi connectivity index (χ3v) is 1.30. The maximum absolute atomic E-state index is 11.1. The van der Waals surface area contributed by atoms with Crippen molar-refractivity contribution in [3.63, 3.8) is 0 Å². The molecule has 0 aromatic heterocycles.